The van der Waals surface area contributed by atoms with Gasteiger partial charge in [0.1, 0.15) is 11.5 Å². The minimum atomic E-state index is -4.96. The smallest absolute Gasteiger partial charge is 0.508 e. The molecule has 3 aromatic rings. The molecule has 0 amide bonds. The minimum Gasteiger partial charge on any atom is -0.508 e. The summed E-state index contributed by atoms with van der Waals surface area (Å²) in [6.07, 6.45) is -0.147. The number of hydrogen-bond acceptors (Lipinski definition) is 4. The lowest BCUT2D eigenvalue weighted by Crippen LogP contribution is -2.54. The number of phenols is 1. The van der Waals surface area contributed by atoms with Crippen LogP contribution < -0.4 is 4.74 Å². The maximum Gasteiger partial charge on any atom is 0.573 e. The van der Waals surface area contributed by atoms with Crippen LogP contribution in [0.5, 0.6) is 11.5 Å². The first-order valence-electron chi connectivity index (χ1n) is 12.0. The number of benzene rings is 3. The molecule has 3 atom stereocenters. The van der Waals surface area contributed by atoms with Crippen LogP contribution >= 0.6 is 0 Å². The third-order valence-electron chi connectivity index (χ3n) is 7.31. The van der Waals surface area contributed by atoms with Gasteiger partial charge in [-0.15, -0.1) is 13.2 Å². The molecule has 0 radical (unpaired) electrons. The molecule has 38 heavy (non-hydrogen) atoms. The van der Waals surface area contributed by atoms with Crippen molar-refractivity contribution in [1.29, 1.82) is 0 Å². The predicted molar refractivity (Wildman–Crippen MR) is 136 cm³/mol. The molecule has 192 valence electrons. The van der Waals surface area contributed by atoms with Crippen LogP contribution in [-0.2, 0) is 15.0 Å². The Morgan fingerprint density at radius 2 is 1.63 bits per heavy atom. The monoisotopic (exact) mass is 516 g/mol. The number of alkyl halides is 3. The van der Waals surface area contributed by atoms with Gasteiger partial charge in [-0.1, -0.05) is 79.4 Å². The van der Waals surface area contributed by atoms with Crippen LogP contribution in [0.4, 0.5) is 13.2 Å². The number of rotatable bonds is 5. The van der Waals surface area contributed by atoms with E-state index in [4.69, 9.17) is 0 Å². The maximum absolute atomic E-state index is 14.4. The quantitative estimate of drug-likeness (QED) is 0.411. The number of phenolic OH excluding ortho intramolecular Hbond substituents is 1. The second-order valence-electron chi connectivity index (χ2n) is 9.29. The number of aromatic hydroxyl groups is 1. The molecule has 0 heterocycles. The molecule has 7 heteroatoms. The van der Waals surface area contributed by atoms with Crippen molar-refractivity contribution in [3.05, 3.63) is 126 Å². The molecule has 0 spiro atoms. The van der Waals surface area contributed by atoms with E-state index >= 15 is 0 Å². The van der Waals surface area contributed by atoms with Gasteiger partial charge in [0.2, 0.25) is 0 Å². The number of ether oxygens (including phenoxy) is 1. The maximum atomic E-state index is 14.4. The number of hydrogen-bond donors (Lipinski definition) is 1. The van der Waals surface area contributed by atoms with E-state index in [2.05, 4.69) is 11.3 Å². The fraction of sp³-hybridized carbons (Fsp3) is 0.161. The van der Waals surface area contributed by atoms with E-state index in [9.17, 15) is 27.9 Å². The lowest BCUT2D eigenvalue weighted by Gasteiger charge is -2.49. The SMILES string of the molecule is C=CC1=CCC2C(=O)C(c3ccccc3)=CC(=O)C2(c2ccccc2)C1c1cc(OC(F)(F)F)ccc1O. The summed E-state index contributed by atoms with van der Waals surface area (Å²) in [6.45, 7) is 3.87. The number of ketones is 2. The van der Waals surface area contributed by atoms with Crippen molar-refractivity contribution in [2.24, 2.45) is 5.92 Å². The Labute approximate surface area is 217 Å². The van der Waals surface area contributed by atoms with Crippen molar-refractivity contribution in [2.75, 3.05) is 0 Å². The average molecular weight is 517 g/mol. The molecule has 3 aromatic carbocycles. The van der Waals surface area contributed by atoms with E-state index in [1.807, 2.05) is 6.07 Å². The van der Waals surface area contributed by atoms with E-state index in [-0.39, 0.29) is 34.9 Å². The highest BCUT2D eigenvalue weighted by Gasteiger charge is 2.59. The van der Waals surface area contributed by atoms with E-state index < -0.39 is 29.4 Å². The normalized spacial score (nSPS) is 23.2. The predicted octanol–water partition coefficient (Wildman–Crippen LogP) is 6.68. The number of fused-ring (bicyclic) bond motifs is 1. The second-order valence-corrected chi connectivity index (χ2v) is 9.29. The summed E-state index contributed by atoms with van der Waals surface area (Å²) < 4.78 is 43.3. The Balaban J connectivity index is 1.80. The van der Waals surface area contributed by atoms with Crippen molar-refractivity contribution >= 4 is 17.1 Å². The third kappa shape index (κ3) is 4.14. The first-order valence-corrected chi connectivity index (χ1v) is 12.0. The van der Waals surface area contributed by atoms with Crippen molar-refractivity contribution in [3.63, 3.8) is 0 Å². The number of Topliss-reactive ketones (excluding diaryl/α,β-unsaturated/α-hetero) is 1. The Bertz CT molecular complexity index is 1470. The van der Waals surface area contributed by atoms with Crippen molar-refractivity contribution in [2.45, 2.75) is 24.1 Å². The summed E-state index contributed by atoms with van der Waals surface area (Å²) in [4.78, 5) is 28.5. The Morgan fingerprint density at radius 3 is 2.26 bits per heavy atom. The van der Waals surface area contributed by atoms with E-state index in [1.54, 1.807) is 60.7 Å². The molecule has 0 bridgehead atoms. The summed E-state index contributed by atoms with van der Waals surface area (Å²) in [5, 5.41) is 10.9. The van der Waals surface area contributed by atoms with Gasteiger partial charge in [-0.05, 0) is 47.4 Å². The highest BCUT2D eigenvalue weighted by atomic mass is 19.4. The molecule has 2 aliphatic carbocycles. The highest BCUT2D eigenvalue weighted by molar-refractivity contribution is 6.31. The first kappa shape index (κ1) is 25.3. The average Bonchev–Trinajstić information content (AvgIpc) is 2.91. The van der Waals surface area contributed by atoms with Crippen LogP contribution in [0.2, 0.25) is 0 Å². The Morgan fingerprint density at radius 1 is 0.974 bits per heavy atom. The van der Waals surface area contributed by atoms with Crippen molar-refractivity contribution < 1.29 is 32.6 Å². The van der Waals surface area contributed by atoms with Crippen LogP contribution in [0.1, 0.15) is 29.0 Å². The molecule has 0 fully saturated rings. The number of halogens is 3. The van der Waals surface area contributed by atoms with Gasteiger partial charge < -0.3 is 9.84 Å². The molecule has 4 nitrogen and oxygen atoms in total. The summed E-state index contributed by atoms with van der Waals surface area (Å²) >= 11 is 0. The van der Waals surface area contributed by atoms with Gasteiger partial charge in [0.05, 0.1) is 5.41 Å². The largest absolute Gasteiger partial charge is 0.573 e. The fourth-order valence-electron chi connectivity index (χ4n) is 5.81. The lowest BCUT2D eigenvalue weighted by molar-refractivity contribution is -0.274. The molecule has 0 saturated carbocycles. The van der Waals surface area contributed by atoms with E-state index in [0.717, 1.165) is 18.2 Å². The van der Waals surface area contributed by atoms with Crippen LogP contribution in [0.25, 0.3) is 5.57 Å². The van der Waals surface area contributed by atoms with Gasteiger partial charge in [0.25, 0.3) is 0 Å². The highest BCUT2D eigenvalue weighted by Crippen LogP contribution is 2.58. The Kier molecular flexibility index (Phi) is 6.31. The summed E-state index contributed by atoms with van der Waals surface area (Å²) in [6, 6.07) is 20.7. The van der Waals surface area contributed by atoms with Crippen LogP contribution in [0, 0.1) is 5.92 Å². The number of carbonyl (C=O) groups is 2. The zero-order valence-electron chi connectivity index (χ0n) is 20.1. The van der Waals surface area contributed by atoms with Crippen LogP contribution in [0.3, 0.4) is 0 Å². The molecular weight excluding hydrogens is 493 g/mol. The fourth-order valence-corrected chi connectivity index (χ4v) is 5.81. The van der Waals surface area contributed by atoms with Gasteiger partial charge in [-0.3, -0.25) is 9.59 Å². The van der Waals surface area contributed by atoms with Crippen molar-refractivity contribution in [1.82, 2.24) is 0 Å². The standard InChI is InChI=1S/C31H23F3O4/c1-2-19-13-15-25-29(37)23(20-9-5-3-6-10-20)18-27(36)30(25,21-11-7-4-8-12-21)28(19)24-17-22(14-16-26(24)35)38-31(32,33)34/h2-14,16-18,25,28,35H,1,15H2. The zero-order valence-corrected chi connectivity index (χ0v) is 20.1. The summed E-state index contributed by atoms with van der Waals surface area (Å²) in [5.74, 6) is -3.40. The topological polar surface area (TPSA) is 63.6 Å². The van der Waals surface area contributed by atoms with Gasteiger partial charge in [0, 0.05) is 23.0 Å². The van der Waals surface area contributed by atoms with E-state index in [1.165, 1.54) is 12.2 Å². The van der Waals surface area contributed by atoms with Crippen molar-refractivity contribution in [3.8, 4) is 11.5 Å². The number of allylic oxidation sites excluding steroid dienone is 5. The van der Waals surface area contributed by atoms with Gasteiger partial charge in [-0.2, -0.15) is 0 Å². The molecule has 1 N–H and O–H groups in total. The van der Waals surface area contributed by atoms with Crippen LogP contribution in [0.15, 0.2) is 109 Å². The van der Waals surface area contributed by atoms with Gasteiger partial charge >= 0.3 is 6.36 Å². The Hall–Kier alpha value is -4.39. The number of carbonyl (C=O) groups excluding carboxylic acids is 2. The first-order chi connectivity index (χ1) is 18.2. The summed E-state index contributed by atoms with van der Waals surface area (Å²) in [5.41, 5.74) is 0.409. The molecular formula is C31H23F3O4. The summed E-state index contributed by atoms with van der Waals surface area (Å²) in [7, 11) is 0. The van der Waals surface area contributed by atoms with E-state index in [0.29, 0.717) is 16.7 Å². The molecule has 5 rings (SSSR count). The van der Waals surface area contributed by atoms with Gasteiger partial charge in [-0.25, -0.2) is 0 Å². The minimum absolute atomic E-state index is 0.0316. The molecule has 0 aromatic heterocycles. The molecule has 0 saturated heterocycles. The third-order valence-corrected chi connectivity index (χ3v) is 7.31. The molecule has 0 aliphatic heterocycles. The van der Waals surface area contributed by atoms with Gasteiger partial charge in [0.15, 0.2) is 11.6 Å². The lowest BCUT2D eigenvalue weighted by atomic mass is 9.50. The molecule has 3 unspecified atom stereocenters. The van der Waals surface area contributed by atoms with Crippen LogP contribution in [-0.4, -0.2) is 23.0 Å². The zero-order chi connectivity index (χ0) is 27.1. The molecule has 2 aliphatic rings. The second kappa shape index (κ2) is 9.49.